The van der Waals surface area contributed by atoms with E-state index in [0.717, 1.165) is 11.1 Å². The maximum atomic E-state index is 5.85. The van der Waals surface area contributed by atoms with Crippen molar-refractivity contribution in [2.75, 3.05) is 5.73 Å². The summed E-state index contributed by atoms with van der Waals surface area (Å²) in [6, 6.07) is 7.84. The highest BCUT2D eigenvalue weighted by molar-refractivity contribution is 6.32. The number of benzene rings is 1. The van der Waals surface area contributed by atoms with Crippen molar-refractivity contribution in [1.82, 2.24) is 5.16 Å². The number of hydrogen-bond donors (Lipinski definition) is 1. The third kappa shape index (κ3) is 1.46. The van der Waals surface area contributed by atoms with Crippen LogP contribution in [0.1, 0.15) is 5.56 Å². The maximum absolute atomic E-state index is 5.85. The summed E-state index contributed by atoms with van der Waals surface area (Å²) in [5, 5.41) is 3.89. The van der Waals surface area contributed by atoms with Crippen LogP contribution in [0.3, 0.4) is 0 Å². The highest BCUT2D eigenvalue weighted by atomic mass is 35.5. The molecule has 0 spiro atoms. The molecule has 2 N–H and O–H groups in total. The number of anilines is 1. The molecule has 0 aliphatic heterocycles. The second-order valence-corrected chi connectivity index (χ2v) is 3.44. The fraction of sp³-hybridized carbons (Fsp3) is 0.100. The zero-order chi connectivity index (χ0) is 10.1. The molecule has 14 heavy (non-hydrogen) atoms. The molecule has 0 aliphatic rings. The van der Waals surface area contributed by atoms with E-state index in [9.17, 15) is 0 Å². The summed E-state index contributed by atoms with van der Waals surface area (Å²) in [7, 11) is 0. The lowest BCUT2D eigenvalue weighted by Gasteiger charge is -1.99. The highest BCUT2D eigenvalue weighted by Gasteiger charge is 2.13. The molecule has 0 unspecified atom stereocenters. The Bertz CT molecular complexity index is 445. The van der Waals surface area contributed by atoms with E-state index in [1.54, 1.807) is 0 Å². The van der Waals surface area contributed by atoms with Crippen LogP contribution < -0.4 is 5.73 Å². The van der Waals surface area contributed by atoms with E-state index in [2.05, 4.69) is 5.16 Å². The molecular weight excluding hydrogens is 200 g/mol. The first-order valence-corrected chi connectivity index (χ1v) is 4.54. The zero-order valence-electron chi connectivity index (χ0n) is 7.62. The molecule has 0 amide bonds. The molecule has 4 heteroatoms. The third-order valence-corrected chi connectivity index (χ3v) is 2.24. The smallest absolute Gasteiger partial charge is 0.231 e. The Kier molecular flexibility index (Phi) is 2.17. The van der Waals surface area contributed by atoms with Crippen molar-refractivity contribution in [2.45, 2.75) is 6.92 Å². The Morgan fingerprint density at radius 3 is 2.79 bits per heavy atom. The highest BCUT2D eigenvalue weighted by Crippen LogP contribution is 2.32. The van der Waals surface area contributed by atoms with Crippen molar-refractivity contribution >= 4 is 17.5 Å². The van der Waals surface area contributed by atoms with Gasteiger partial charge in [-0.25, -0.2) is 0 Å². The van der Waals surface area contributed by atoms with Gasteiger partial charge >= 0.3 is 0 Å². The lowest BCUT2D eigenvalue weighted by Crippen LogP contribution is -1.85. The molecule has 0 radical (unpaired) electrons. The largest absolute Gasteiger partial charge is 0.367 e. The van der Waals surface area contributed by atoms with Crippen LogP contribution in [-0.4, -0.2) is 5.16 Å². The molecule has 2 aromatic rings. The summed E-state index contributed by atoms with van der Waals surface area (Å²) < 4.78 is 4.79. The summed E-state index contributed by atoms with van der Waals surface area (Å²) in [5.41, 5.74) is 8.34. The van der Waals surface area contributed by atoms with Gasteiger partial charge in [0, 0.05) is 0 Å². The summed E-state index contributed by atoms with van der Waals surface area (Å²) >= 11 is 5.85. The van der Waals surface area contributed by atoms with Crippen molar-refractivity contribution in [2.24, 2.45) is 0 Å². The Morgan fingerprint density at radius 2 is 2.21 bits per heavy atom. The number of rotatable bonds is 1. The summed E-state index contributed by atoms with van der Waals surface area (Å²) in [5.74, 6) is 0.251. The Balaban J connectivity index is 2.59. The van der Waals surface area contributed by atoms with E-state index in [-0.39, 0.29) is 5.88 Å². The summed E-state index contributed by atoms with van der Waals surface area (Å²) in [6.07, 6.45) is 0. The molecule has 72 valence electrons. The fourth-order valence-electron chi connectivity index (χ4n) is 1.34. The van der Waals surface area contributed by atoms with Gasteiger partial charge in [0.2, 0.25) is 5.88 Å². The van der Waals surface area contributed by atoms with Gasteiger partial charge in [0.1, 0.15) is 0 Å². The number of nitrogens with zero attached hydrogens (tertiary/aromatic N) is 1. The molecule has 0 aliphatic carbocycles. The zero-order valence-corrected chi connectivity index (χ0v) is 8.38. The van der Waals surface area contributed by atoms with Gasteiger partial charge in [-0.1, -0.05) is 46.6 Å². The fourth-order valence-corrected chi connectivity index (χ4v) is 1.58. The van der Waals surface area contributed by atoms with Crippen LogP contribution in [0.25, 0.3) is 11.1 Å². The number of halogens is 1. The second kappa shape index (κ2) is 3.35. The molecule has 0 fully saturated rings. The SMILES string of the molecule is Cc1cccc(-c2c(Cl)noc2N)c1. The molecule has 2 rings (SSSR count). The average Bonchev–Trinajstić information content (AvgIpc) is 2.46. The van der Waals surface area contributed by atoms with Crippen LogP contribution in [0, 0.1) is 6.92 Å². The van der Waals surface area contributed by atoms with Crippen LogP contribution in [0.5, 0.6) is 0 Å². The van der Waals surface area contributed by atoms with Crippen molar-refractivity contribution in [3.8, 4) is 11.1 Å². The van der Waals surface area contributed by atoms with Crippen molar-refractivity contribution in [3.05, 3.63) is 35.0 Å². The predicted octanol–water partition coefficient (Wildman–Crippen LogP) is 2.89. The average molecular weight is 209 g/mol. The van der Waals surface area contributed by atoms with Gasteiger partial charge in [0.15, 0.2) is 5.15 Å². The number of aryl methyl sites for hydroxylation is 1. The lowest BCUT2D eigenvalue weighted by molar-refractivity contribution is 0.437. The topological polar surface area (TPSA) is 52.0 Å². The minimum Gasteiger partial charge on any atom is -0.367 e. The van der Waals surface area contributed by atoms with Crippen molar-refractivity contribution in [1.29, 1.82) is 0 Å². The van der Waals surface area contributed by atoms with Gasteiger partial charge in [-0.3, -0.25) is 0 Å². The molecule has 0 bridgehead atoms. The number of nitrogen functional groups attached to an aromatic ring is 1. The Labute approximate surface area is 86.5 Å². The number of hydrogen-bond acceptors (Lipinski definition) is 3. The Morgan fingerprint density at radius 1 is 1.43 bits per heavy atom. The standard InChI is InChI=1S/C10H9ClN2O/c1-6-3-2-4-7(5-6)8-9(11)13-14-10(8)12/h2-5H,12H2,1H3. The summed E-state index contributed by atoms with van der Waals surface area (Å²) in [4.78, 5) is 0. The third-order valence-electron chi connectivity index (χ3n) is 1.98. The quantitative estimate of drug-likeness (QED) is 0.784. The van der Waals surface area contributed by atoms with Crippen molar-refractivity contribution in [3.63, 3.8) is 0 Å². The van der Waals surface area contributed by atoms with Crippen LogP contribution in [0.15, 0.2) is 28.8 Å². The van der Waals surface area contributed by atoms with E-state index in [4.69, 9.17) is 21.9 Å². The summed E-state index contributed by atoms with van der Waals surface area (Å²) in [6.45, 7) is 2.00. The van der Waals surface area contributed by atoms with Crippen LogP contribution in [-0.2, 0) is 0 Å². The molecule has 0 saturated heterocycles. The second-order valence-electron chi connectivity index (χ2n) is 3.08. The number of nitrogens with two attached hydrogens (primary N) is 1. The van der Waals surface area contributed by atoms with E-state index in [1.807, 2.05) is 31.2 Å². The van der Waals surface area contributed by atoms with Gasteiger partial charge < -0.3 is 10.3 Å². The van der Waals surface area contributed by atoms with Gasteiger partial charge in [-0.05, 0) is 12.5 Å². The first-order chi connectivity index (χ1) is 6.68. The predicted molar refractivity (Wildman–Crippen MR) is 56.1 cm³/mol. The number of aromatic nitrogens is 1. The van der Waals surface area contributed by atoms with Gasteiger partial charge in [-0.15, -0.1) is 0 Å². The molecule has 0 atom stereocenters. The van der Waals surface area contributed by atoms with Crippen LogP contribution in [0.2, 0.25) is 5.15 Å². The maximum Gasteiger partial charge on any atom is 0.231 e. The van der Waals surface area contributed by atoms with Gasteiger partial charge in [-0.2, -0.15) is 0 Å². The van der Waals surface area contributed by atoms with Gasteiger partial charge in [0.25, 0.3) is 0 Å². The van der Waals surface area contributed by atoms with E-state index >= 15 is 0 Å². The normalized spacial score (nSPS) is 10.4. The first kappa shape index (κ1) is 9.09. The monoisotopic (exact) mass is 208 g/mol. The minimum absolute atomic E-state index is 0.251. The molecule has 1 heterocycles. The van der Waals surface area contributed by atoms with Gasteiger partial charge in [0.05, 0.1) is 5.56 Å². The molecule has 1 aromatic carbocycles. The van der Waals surface area contributed by atoms with Crippen LogP contribution >= 0.6 is 11.6 Å². The molecule has 0 saturated carbocycles. The lowest BCUT2D eigenvalue weighted by atomic mass is 10.1. The van der Waals surface area contributed by atoms with Crippen molar-refractivity contribution < 1.29 is 4.52 Å². The minimum atomic E-state index is 0.251. The van der Waals surface area contributed by atoms with Crippen LogP contribution in [0.4, 0.5) is 5.88 Å². The molecular formula is C10H9ClN2O. The Hall–Kier alpha value is -1.48. The van der Waals surface area contributed by atoms with E-state index in [0.29, 0.717) is 10.7 Å². The first-order valence-electron chi connectivity index (χ1n) is 4.16. The molecule has 1 aromatic heterocycles. The van der Waals surface area contributed by atoms with E-state index in [1.165, 1.54) is 0 Å². The molecule has 3 nitrogen and oxygen atoms in total. The van der Waals surface area contributed by atoms with E-state index < -0.39 is 0 Å².